The zero-order valence-corrected chi connectivity index (χ0v) is 21.8. The summed E-state index contributed by atoms with van der Waals surface area (Å²) in [6.07, 6.45) is 2.16. The average Bonchev–Trinajstić information content (AvgIpc) is 3.35. The van der Waals surface area contributed by atoms with E-state index in [-0.39, 0.29) is 5.91 Å². The molecule has 1 aliphatic rings. The number of imidazole rings is 1. The summed E-state index contributed by atoms with van der Waals surface area (Å²) in [5.41, 5.74) is 6.59. The Labute approximate surface area is 226 Å². The van der Waals surface area contributed by atoms with E-state index >= 15 is 0 Å². The Kier molecular flexibility index (Phi) is 6.82. The highest BCUT2D eigenvalue weighted by Crippen LogP contribution is 2.30. The fourth-order valence-corrected chi connectivity index (χ4v) is 5.15. The van der Waals surface area contributed by atoms with Crippen LogP contribution >= 0.6 is 0 Å². The van der Waals surface area contributed by atoms with Crippen molar-refractivity contribution >= 4 is 11.6 Å². The molecule has 6 nitrogen and oxygen atoms in total. The van der Waals surface area contributed by atoms with Gasteiger partial charge in [-0.15, -0.1) is 0 Å². The summed E-state index contributed by atoms with van der Waals surface area (Å²) in [6, 6.07) is 28.4. The lowest BCUT2D eigenvalue weighted by atomic mass is 10.1. The van der Waals surface area contributed by atoms with Crippen molar-refractivity contribution in [3.05, 3.63) is 114 Å². The summed E-state index contributed by atoms with van der Waals surface area (Å²) in [5, 5.41) is 0. The van der Waals surface area contributed by atoms with Crippen LogP contribution in [0.4, 0.5) is 4.39 Å². The number of rotatable bonds is 6. The molecule has 0 aliphatic carbocycles. The molecule has 0 N–H and O–H groups in total. The number of methoxy groups -OCH3 is 1. The molecule has 39 heavy (non-hydrogen) atoms. The van der Waals surface area contributed by atoms with Crippen LogP contribution in [0.25, 0.3) is 28.0 Å². The summed E-state index contributed by atoms with van der Waals surface area (Å²) >= 11 is 0. The largest absolute Gasteiger partial charge is 0.497 e. The number of amides is 1. The molecular weight excluding hydrogens is 491 g/mol. The minimum Gasteiger partial charge on any atom is -0.497 e. The van der Waals surface area contributed by atoms with Crippen molar-refractivity contribution in [2.24, 2.45) is 0 Å². The Morgan fingerprint density at radius 1 is 0.846 bits per heavy atom. The van der Waals surface area contributed by atoms with Gasteiger partial charge in [0.25, 0.3) is 5.91 Å². The first-order valence-electron chi connectivity index (χ1n) is 13.1. The number of hydrogen-bond acceptors (Lipinski definition) is 4. The molecule has 196 valence electrons. The molecule has 0 spiro atoms. The van der Waals surface area contributed by atoms with Crippen LogP contribution in [0.5, 0.6) is 5.75 Å². The molecular formula is C32H29FN4O2. The number of fused-ring (bicyclic) bond motifs is 1. The molecule has 2 aromatic heterocycles. The predicted octanol–water partition coefficient (Wildman–Crippen LogP) is 5.77. The van der Waals surface area contributed by atoms with Crippen LogP contribution in [0.15, 0.2) is 97.2 Å². The number of hydrogen-bond donors (Lipinski definition) is 0. The van der Waals surface area contributed by atoms with Gasteiger partial charge in [0.05, 0.1) is 18.5 Å². The first kappa shape index (κ1) is 24.8. The lowest BCUT2D eigenvalue weighted by molar-refractivity contribution is 0.0626. The zero-order chi connectivity index (χ0) is 26.8. The van der Waals surface area contributed by atoms with Gasteiger partial charge in [0.15, 0.2) is 0 Å². The third kappa shape index (κ3) is 5.13. The molecule has 3 heterocycles. The van der Waals surface area contributed by atoms with E-state index in [1.54, 1.807) is 24.1 Å². The van der Waals surface area contributed by atoms with Crippen LogP contribution in [0, 0.1) is 5.82 Å². The molecule has 7 heteroatoms. The van der Waals surface area contributed by atoms with E-state index in [1.165, 1.54) is 12.1 Å². The summed E-state index contributed by atoms with van der Waals surface area (Å²) in [5.74, 6) is 0.276. The van der Waals surface area contributed by atoms with E-state index < -0.39 is 5.82 Å². The molecule has 1 amide bonds. The number of pyridine rings is 1. The molecule has 0 bridgehead atoms. The number of nitrogens with zero attached hydrogens (tertiary/aromatic N) is 4. The van der Waals surface area contributed by atoms with Crippen LogP contribution in [0.1, 0.15) is 16.1 Å². The SMILES string of the molecule is COc1ccc(-c2nc3ccc(-c4ccccc4)cn3c2CN2CCN(C(=O)c3cccc(F)c3)CC2)cc1. The molecule has 0 atom stereocenters. The molecule has 0 radical (unpaired) electrons. The number of piperazine rings is 1. The van der Waals surface area contributed by atoms with E-state index in [2.05, 4.69) is 39.8 Å². The molecule has 5 aromatic rings. The fourth-order valence-electron chi connectivity index (χ4n) is 5.15. The molecule has 0 saturated carbocycles. The van der Waals surface area contributed by atoms with E-state index in [9.17, 15) is 9.18 Å². The molecule has 1 aliphatic heterocycles. The number of benzene rings is 3. The van der Waals surface area contributed by atoms with Gasteiger partial charge in [0, 0.05) is 50.0 Å². The zero-order valence-electron chi connectivity index (χ0n) is 21.8. The van der Waals surface area contributed by atoms with Gasteiger partial charge < -0.3 is 14.0 Å². The average molecular weight is 521 g/mol. The second-order valence-electron chi connectivity index (χ2n) is 9.73. The molecule has 3 aromatic carbocycles. The van der Waals surface area contributed by atoms with Gasteiger partial charge in [-0.2, -0.15) is 0 Å². The minimum atomic E-state index is -0.395. The van der Waals surface area contributed by atoms with E-state index in [4.69, 9.17) is 9.72 Å². The topological polar surface area (TPSA) is 50.1 Å². The summed E-state index contributed by atoms with van der Waals surface area (Å²) < 4.78 is 21.2. The first-order chi connectivity index (χ1) is 19.1. The number of carbonyl (C=O) groups is 1. The quantitative estimate of drug-likeness (QED) is 0.285. The van der Waals surface area contributed by atoms with E-state index in [0.717, 1.165) is 39.5 Å². The van der Waals surface area contributed by atoms with Gasteiger partial charge in [0.1, 0.15) is 17.2 Å². The van der Waals surface area contributed by atoms with Gasteiger partial charge in [-0.25, -0.2) is 9.37 Å². The van der Waals surface area contributed by atoms with Crippen LogP contribution in [0.3, 0.4) is 0 Å². The van der Waals surface area contributed by atoms with Crippen LogP contribution in [-0.2, 0) is 6.54 Å². The maximum absolute atomic E-state index is 13.7. The van der Waals surface area contributed by atoms with Crippen molar-refractivity contribution in [3.8, 4) is 28.1 Å². The molecule has 6 rings (SSSR count). The van der Waals surface area contributed by atoms with Crippen molar-refractivity contribution in [1.82, 2.24) is 19.2 Å². The Morgan fingerprint density at radius 2 is 1.59 bits per heavy atom. The highest BCUT2D eigenvalue weighted by Gasteiger charge is 2.25. The van der Waals surface area contributed by atoms with Crippen LogP contribution in [0.2, 0.25) is 0 Å². The molecule has 1 fully saturated rings. The van der Waals surface area contributed by atoms with Gasteiger partial charge in [-0.05, 0) is 65.7 Å². The van der Waals surface area contributed by atoms with E-state index in [1.807, 2.05) is 42.5 Å². The third-order valence-corrected chi connectivity index (χ3v) is 7.29. The van der Waals surface area contributed by atoms with Gasteiger partial charge in [-0.3, -0.25) is 9.69 Å². The van der Waals surface area contributed by atoms with Crippen molar-refractivity contribution in [2.75, 3.05) is 33.3 Å². The van der Waals surface area contributed by atoms with Crippen molar-refractivity contribution in [1.29, 1.82) is 0 Å². The third-order valence-electron chi connectivity index (χ3n) is 7.29. The molecule has 0 unspecified atom stereocenters. The Balaban J connectivity index is 1.30. The van der Waals surface area contributed by atoms with Gasteiger partial charge in [-0.1, -0.05) is 36.4 Å². The smallest absolute Gasteiger partial charge is 0.254 e. The van der Waals surface area contributed by atoms with Crippen molar-refractivity contribution in [2.45, 2.75) is 6.54 Å². The van der Waals surface area contributed by atoms with Crippen LogP contribution in [-0.4, -0.2) is 58.4 Å². The predicted molar refractivity (Wildman–Crippen MR) is 150 cm³/mol. The normalized spacial score (nSPS) is 14.1. The Morgan fingerprint density at radius 3 is 2.31 bits per heavy atom. The van der Waals surface area contributed by atoms with Crippen molar-refractivity contribution < 1.29 is 13.9 Å². The lowest BCUT2D eigenvalue weighted by Crippen LogP contribution is -2.48. The second-order valence-corrected chi connectivity index (χ2v) is 9.73. The monoisotopic (exact) mass is 520 g/mol. The number of ether oxygens (including phenoxy) is 1. The van der Waals surface area contributed by atoms with Crippen molar-refractivity contribution in [3.63, 3.8) is 0 Å². The van der Waals surface area contributed by atoms with E-state index in [0.29, 0.717) is 38.3 Å². The maximum atomic E-state index is 13.7. The van der Waals surface area contributed by atoms with Gasteiger partial charge in [0.2, 0.25) is 0 Å². The minimum absolute atomic E-state index is 0.129. The number of halogens is 1. The first-order valence-corrected chi connectivity index (χ1v) is 13.1. The standard InChI is InChI=1S/C32H29FN4O2/c1-39-28-13-10-24(11-14-28)31-29(37-21-26(12-15-30(37)34-31)23-6-3-2-4-7-23)22-35-16-18-36(19-17-35)32(38)25-8-5-9-27(33)20-25/h2-15,20-21H,16-19,22H2,1H3. The summed E-state index contributed by atoms with van der Waals surface area (Å²) in [4.78, 5) is 22.1. The maximum Gasteiger partial charge on any atom is 0.254 e. The highest BCUT2D eigenvalue weighted by molar-refractivity contribution is 5.94. The summed E-state index contributed by atoms with van der Waals surface area (Å²) in [6.45, 7) is 3.28. The fraction of sp³-hybridized carbons (Fsp3) is 0.188. The number of carbonyl (C=O) groups excluding carboxylic acids is 1. The van der Waals surface area contributed by atoms with Crippen LogP contribution < -0.4 is 4.74 Å². The Bertz CT molecular complexity index is 1610. The molecule has 1 saturated heterocycles. The lowest BCUT2D eigenvalue weighted by Gasteiger charge is -2.34. The second kappa shape index (κ2) is 10.7. The Hall–Kier alpha value is -4.49. The highest BCUT2D eigenvalue weighted by atomic mass is 19.1. The number of aromatic nitrogens is 2. The summed E-state index contributed by atoms with van der Waals surface area (Å²) in [7, 11) is 1.66. The van der Waals surface area contributed by atoms with Gasteiger partial charge >= 0.3 is 0 Å².